The van der Waals surface area contributed by atoms with Gasteiger partial charge in [0.25, 0.3) is 10.0 Å². The Morgan fingerprint density at radius 3 is 2.41 bits per heavy atom. The first-order valence-electron chi connectivity index (χ1n) is 7.22. The van der Waals surface area contributed by atoms with Crippen molar-refractivity contribution >= 4 is 51.2 Å². The second-order valence-corrected chi connectivity index (χ2v) is 8.00. The Labute approximate surface area is 165 Å². The van der Waals surface area contributed by atoms with E-state index in [1.165, 1.54) is 18.2 Å². The normalized spacial score (nSPS) is 11.4. The number of urea groups is 1. The van der Waals surface area contributed by atoms with Crippen LogP contribution in [0.5, 0.6) is 0 Å². The summed E-state index contributed by atoms with van der Waals surface area (Å²) < 4.78 is 26.2. The summed E-state index contributed by atoms with van der Waals surface area (Å²) in [6.07, 6.45) is 0. The average Bonchev–Trinajstić information content (AvgIpc) is 2.53. The number of amides is 2. The Kier molecular flexibility index (Phi) is 6.04. The van der Waals surface area contributed by atoms with Gasteiger partial charge in [-0.1, -0.05) is 23.7 Å². The molecule has 0 aliphatic carbocycles. The van der Waals surface area contributed by atoms with Gasteiger partial charge in [0.15, 0.2) is 0 Å². The molecular formula is C14H13Cl2N7O3S. The zero-order valence-corrected chi connectivity index (χ0v) is 16.3. The second kappa shape index (κ2) is 7.91. The molecule has 1 aromatic carbocycles. The molecule has 0 bridgehead atoms. The lowest BCUT2D eigenvalue weighted by molar-refractivity contribution is 0.256. The van der Waals surface area contributed by atoms with E-state index in [0.717, 1.165) is 0 Å². The van der Waals surface area contributed by atoms with Crippen molar-refractivity contribution in [1.29, 1.82) is 5.26 Å². The van der Waals surface area contributed by atoms with Crippen molar-refractivity contribution in [2.45, 2.75) is 24.3 Å². The molecule has 0 aliphatic rings. The van der Waals surface area contributed by atoms with Gasteiger partial charge in [0.1, 0.15) is 10.4 Å². The molecule has 10 nitrogen and oxygen atoms in total. The molecule has 2 rings (SSSR count). The summed E-state index contributed by atoms with van der Waals surface area (Å²) >= 11 is 11.6. The SMILES string of the molecule is CC(C)(C#N)Nc1nc(Cl)nc(NC(=O)NS(=O)(=O)c2ccccc2Cl)n1. The Hall–Kier alpha value is -2.68. The van der Waals surface area contributed by atoms with Crippen molar-refractivity contribution in [2.75, 3.05) is 10.6 Å². The molecule has 0 saturated heterocycles. The van der Waals surface area contributed by atoms with Crippen LogP contribution in [0.3, 0.4) is 0 Å². The quantitative estimate of drug-likeness (QED) is 0.655. The van der Waals surface area contributed by atoms with Gasteiger partial charge in [0, 0.05) is 0 Å². The molecule has 0 fully saturated rings. The topological polar surface area (TPSA) is 150 Å². The number of aromatic nitrogens is 3. The molecule has 0 spiro atoms. The molecule has 13 heteroatoms. The third-order valence-electron chi connectivity index (χ3n) is 2.89. The lowest BCUT2D eigenvalue weighted by Crippen LogP contribution is -2.35. The summed E-state index contributed by atoms with van der Waals surface area (Å²) in [6.45, 7) is 3.14. The molecule has 1 aromatic heterocycles. The highest BCUT2D eigenvalue weighted by Crippen LogP contribution is 2.20. The third kappa shape index (κ3) is 5.65. The third-order valence-corrected chi connectivity index (χ3v) is 4.89. The second-order valence-electron chi connectivity index (χ2n) is 5.60. The first-order chi connectivity index (χ1) is 12.5. The van der Waals surface area contributed by atoms with Crippen LogP contribution in [0.1, 0.15) is 13.8 Å². The highest BCUT2D eigenvalue weighted by Gasteiger charge is 2.22. The minimum atomic E-state index is -4.22. The maximum Gasteiger partial charge on any atom is 0.335 e. The van der Waals surface area contributed by atoms with Crippen LogP contribution in [-0.2, 0) is 10.0 Å². The average molecular weight is 430 g/mol. The Morgan fingerprint density at radius 1 is 1.15 bits per heavy atom. The number of carbonyl (C=O) groups is 1. The fourth-order valence-corrected chi connectivity index (χ4v) is 3.32. The van der Waals surface area contributed by atoms with Gasteiger partial charge >= 0.3 is 6.03 Å². The number of hydrogen-bond acceptors (Lipinski definition) is 8. The van der Waals surface area contributed by atoms with Crippen LogP contribution in [0.2, 0.25) is 10.3 Å². The minimum absolute atomic E-state index is 0.0498. The van der Waals surface area contributed by atoms with Crippen LogP contribution in [0, 0.1) is 11.3 Å². The molecule has 0 atom stereocenters. The summed E-state index contributed by atoms with van der Waals surface area (Å²) in [5.74, 6) is -0.399. The summed E-state index contributed by atoms with van der Waals surface area (Å²) in [5, 5.41) is 13.5. The zero-order chi connectivity index (χ0) is 20.2. The number of nitriles is 1. The monoisotopic (exact) mass is 429 g/mol. The number of sulfonamides is 1. The number of rotatable bonds is 5. The molecule has 0 saturated carbocycles. The predicted octanol–water partition coefficient (Wildman–Crippen LogP) is 2.40. The smallest absolute Gasteiger partial charge is 0.335 e. The zero-order valence-electron chi connectivity index (χ0n) is 14.0. The van der Waals surface area contributed by atoms with Gasteiger partial charge in [-0.3, -0.25) is 5.32 Å². The van der Waals surface area contributed by atoms with E-state index in [1.54, 1.807) is 24.6 Å². The fourth-order valence-electron chi connectivity index (χ4n) is 1.74. The maximum absolute atomic E-state index is 12.2. The van der Waals surface area contributed by atoms with E-state index in [2.05, 4.69) is 25.6 Å². The lowest BCUT2D eigenvalue weighted by atomic mass is 10.1. The first kappa shape index (κ1) is 20.6. The van der Waals surface area contributed by atoms with Crippen LogP contribution in [0.4, 0.5) is 16.7 Å². The Balaban J connectivity index is 2.18. The number of carbonyl (C=O) groups excluding carboxylic acids is 1. The molecule has 1 heterocycles. The first-order valence-corrected chi connectivity index (χ1v) is 9.46. The number of anilines is 2. The highest BCUT2D eigenvalue weighted by atomic mass is 35.5. The number of benzene rings is 1. The summed E-state index contributed by atoms with van der Waals surface area (Å²) in [7, 11) is -4.22. The van der Waals surface area contributed by atoms with E-state index in [9.17, 15) is 13.2 Å². The van der Waals surface area contributed by atoms with Gasteiger partial charge < -0.3 is 5.32 Å². The number of nitrogens with zero attached hydrogens (tertiary/aromatic N) is 4. The van der Waals surface area contributed by atoms with Crippen molar-refractivity contribution in [3.8, 4) is 6.07 Å². The van der Waals surface area contributed by atoms with Gasteiger partial charge in [-0.25, -0.2) is 17.9 Å². The van der Waals surface area contributed by atoms with E-state index in [-0.39, 0.29) is 27.1 Å². The molecule has 3 N–H and O–H groups in total. The van der Waals surface area contributed by atoms with Crippen LogP contribution in [0.15, 0.2) is 29.2 Å². The summed E-state index contributed by atoms with van der Waals surface area (Å²) in [4.78, 5) is 23.1. The molecule has 0 radical (unpaired) electrons. The molecule has 27 heavy (non-hydrogen) atoms. The van der Waals surface area contributed by atoms with Crippen molar-refractivity contribution in [1.82, 2.24) is 19.7 Å². The fraction of sp³-hybridized carbons (Fsp3) is 0.214. The van der Waals surface area contributed by atoms with Gasteiger partial charge in [0.05, 0.1) is 11.1 Å². The number of nitrogens with one attached hydrogen (secondary N) is 3. The van der Waals surface area contributed by atoms with Crippen LogP contribution >= 0.6 is 23.2 Å². The van der Waals surface area contributed by atoms with Crippen LogP contribution in [0.25, 0.3) is 0 Å². The Bertz CT molecular complexity index is 1020. The van der Waals surface area contributed by atoms with E-state index in [4.69, 9.17) is 28.5 Å². The molecule has 142 valence electrons. The van der Waals surface area contributed by atoms with Gasteiger partial charge in [-0.05, 0) is 37.6 Å². The lowest BCUT2D eigenvalue weighted by Gasteiger charge is -2.17. The molecular weight excluding hydrogens is 417 g/mol. The van der Waals surface area contributed by atoms with Gasteiger partial charge in [-0.2, -0.15) is 20.2 Å². The molecule has 2 amide bonds. The van der Waals surface area contributed by atoms with Crippen molar-refractivity contribution < 1.29 is 13.2 Å². The standard InChI is InChI=1S/C14H13Cl2N7O3S/c1-14(2,7-17)22-12-19-10(16)18-11(20-12)21-13(24)23-27(25,26)9-6-4-3-5-8(9)15/h3-6H,1-2H3,(H3,18,19,20,21,22,23,24). The largest absolute Gasteiger partial charge is 0.336 e. The molecule has 0 aliphatic heterocycles. The Morgan fingerprint density at radius 2 is 1.78 bits per heavy atom. The number of halogens is 2. The molecule has 2 aromatic rings. The van der Waals surface area contributed by atoms with E-state index in [1.807, 2.05) is 6.07 Å². The summed E-state index contributed by atoms with van der Waals surface area (Å²) in [5.41, 5.74) is -1.02. The van der Waals surface area contributed by atoms with E-state index < -0.39 is 21.6 Å². The summed E-state index contributed by atoms with van der Waals surface area (Å²) in [6, 6.07) is 6.46. The van der Waals surface area contributed by atoms with E-state index >= 15 is 0 Å². The van der Waals surface area contributed by atoms with Gasteiger partial charge in [0.2, 0.25) is 17.2 Å². The highest BCUT2D eigenvalue weighted by molar-refractivity contribution is 7.90. The minimum Gasteiger partial charge on any atom is -0.336 e. The van der Waals surface area contributed by atoms with Crippen molar-refractivity contribution in [2.24, 2.45) is 0 Å². The van der Waals surface area contributed by atoms with Crippen molar-refractivity contribution in [3.63, 3.8) is 0 Å². The van der Waals surface area contributed by atoms with Crippen molar-refractivity contribution in [3.05, 3.63) is 34.6 Å². The molecule has 0 unspecified atom stereocenters. The predicted molar refractivity (Wildman–Crippen MR) is 98.9 cm³/mol. The van der Waals surface area contributed by atoms with Gasteiger partial charge in [-0.15, -0.1) is 0 Å². The number of hydrogen-bond donors (Lipinski definition) is 3. The van der Waals surface area contributed by atoms with Crippen LogP contribution < -0.4 is 15.4 Å². The maximum atomic E-state index is 12.2. The van der Waals surface area contributed by atoms with E-state index in [0.29, 0.717) is 0 Å². The van der Waals surface area contributed by atoms with Crippen LogP contribution in [-0.4, -0.2) is 34.9 Å².